The molecule has 0 saturated carbocycles. The van der Waals surface area contributed by atoms with E-state index in [-0.39, 0.29) is 10.8 Å². The number of hydrogen-bond donors (Lipinski definition) is 2. The number of nitrogens with one attached hydrogen (secondary N) is 2. The zero-order valence-corrected chi connectivity index (χ0v) is 14.5. The van der Waals surface area contributed by atoms with Gasteiger partial charge in [-0.05, 0) is 25.1 Å². The number of pyridine rings is 1. The molecular formula is C16H15Cl2N3O3. The van der Waals surface area contributed by atoms with E-state index in [9.17, 15) is 9.59 Å². The number of aromatic nitrogens is 1. The molecule has 0 saturated heterocycles. The third-order valence-electron chi connectivity index (χ3n) is 3.11. The third-order valence-corrected chi connectivity index (χ3v) is 3.78. The number of nitrogens with zero attached hydrogens (tertiary/aromatic N) is 1. The first-order valence-electron chi connectivity index (χ1n) is 6.98. The van der Waals surface area contributed by atoms with Crippen molar-refractivity contribution in [2.45, 2.75) is 6.92 Å². The van der Waals surface area contributed by atoms with E-state index in [1.807, 2.05) is 0 Å². The summed E-state index contributed by atoms with van der Waals surface area (Å²) in [5, 5.41) is 5.96. The van der Waals surface area contributed by atoms with E-state index in [1.165, 1.54) is 6.07 Å². The highest BCUT2D eigenvalue weighted by Crippen LogP contribution is 2.25. The molecule has 1 aromatic heterocycles. The lowest BCUT2D eigenvalue weighted by Gasteiger charge is -2.10. The number of benzene rings is 1. The average molecular weight is 368 g/mol. The smallest absolute Gasteiger partial charge is 0.340 e. The molecule has 2 rings (SSSR count). The van der Waals surface area contributed by atoms with Gasteiger partial charge in [0, 0.05) is 12.7 Å². The molecule has 6 nitrogen and oxygen atoms in total. The van der Waals surface area contributed by atoms with Crippen molar-refractivity contribution in [3.05, 3.63) is 51.6 Å². The summed E-state index contributed by atoms with van der Waals surface area (Å²) in [6, 6.07) is 8.31. The van der Waals surface area contributed by atoms with Crippen LogP contribution in [-0.4, -0.2) is 30.5 Å². The van der Waals surface area contributed by atoms with E-state index in [0.29, 0.717) is 22.0 Å². The summed E-state index contributed by atoms with van der Waals surface area (Å²) in [5.41, 5.74) is 1.48. The number of amides is 1. The van der Waals surface area contributed by atoms with Crippen LogP contribution in [0, 0.1) is 6.92 Å². The van der Waals surface area contributed by atoms with Gasteiger partial charge in [-0.15, -0.1) is 0 Å². The van der Waals surface area contributed by atoms with Crippen molar-refractivity contribution in [1.29, 1.82) is 0 Å². The Morgan fingerprint density at radius 3 is 2.62 bits per heavy atom. The van der Waals surface area contributed by atoms with Crippen molar-refractivity contribution in [1.82, 2.24) is 4.98 Å². The number of anilines is 2. The first-order valence-corrected chi connectivity index (χ1v) is 7.74. The lowest BCUT2D eigenvalue weighted by Crippen LogP contribution is -2.22. The molecule has 126 valence electrons. The van der Waals surface area contributed by atoms with Gasteiger partial charge in [0.2, 0.25) is 0 Å². The molecule has 2 aromatic rings. The van der Waals surface area contributed by atoms with E-state index in [0.717, 1.165) is 0 Å². The molecule has 0 fully saturated rings. The Balaban J connectivity index is 1.98. The number of esters is 1. The van der Waals surface area contributed by atoms with Crippen LogP contribution in [-0.2, 0) is 9.53 Å². The zero-order chi connectivity index (χ0) is 17.7. The molecular weight excluding hydrogens is 353 g/mol. The predicted molar refractivity (Wildman–Crippen MR) is 93.9 cm³/mol. The molecule has 0 aliphatic heterocycles. The van der Waals surface area contributed by atoms with Crippen molar-refractivity contribution in [2.75, 3.05) is 24.3 Å². The highest BCUT2D eigenvalue weighted by molar-refractivity contribution is 6.36. The molecule has 0 bridgehead atoms. The van der Waals surface area contributed by atoms with Gasteiger partial charge in [0.25, 0.3) is 5.91 Å². The summed E-state index contributed by atoms with van der Waals surface area (Å²) in [7, 11) is 1.69. The number of carbonyl (C=O) groups is 2. The lowest BCUT2D eigenvalue weighted by molar-refractivity contribution is -0.119. The quantitative estimate of drug-likeness (QED) is 0.790. The molecule has 2 N–H and O–H groups in total. The van der Waals surface area contributed by atoms with Gasteiger partial charge in [0.05, 0.1) is 21.3 Å². The number of carbonyl (C=O) groups excluding carboxylic acids is 2. The van der Waals surface area contributed by atoms with E-state index < -0.39 is 18.5 Å². The van der Waals surface area contributed by atoms with Crippen molar-refractivity contribution in [2.24, 2.45) is 0 Å². The van der Waals surface area contributed by atoms with Crippen LogP contribution in [0.3, 0.4) is 0 Å². The minimum absolute atomic E-state index is 0.162. The normalized spacial score (nSPS) is 10.2. The van der Waals surface area contributed by atoms with Crippen LogP contribution in [0.5, 0.6) is 0 Å². The monoisotopic (exact) mass is 367 g/mol. The fourth-order valence-electron chi connectivity index (χ4n) is 1.90. The van der Waals surface area contributed by atoms with Gasteiger partial charge in [0.1, 0.15) is 0 Å². The van der Waals surface area contributed by atoms with Crippen molar-refractivity contribution in [3.63, 3.8) is 0 Å². The molecule has 0 aliphatic carbocycles. The second-order valence-corrected chi connectivity index (χ2v) is 5.62. The molecule has 1 heterocycles. The van der Waals surface area contributed by atoms with Gasteiger partial charge >= 0.3 is 5.97 Å². The van der Waals surface area contributed by atoms with E-state index in [2.05, 4.69) is 15.6 Å². The maximum absolute atomic E-state index is 12.0. The van der Waals surface area contributed by atoms with E-state index in [4.69, 9.17) is 27.9 Å². The van der Waals surface area contributed by atoms with Gasteiger partial charge in [-0.1, -0.05) is 35.3 Å². The number of aryl methyl sites for hydroxylation is 1. The zero-order valence-electron chi connectivity index (χ0n) is 13.0. The average Bonchev–Trinajstić information content (AvgIpc) is 2.57. The first-order chi connectivity index (χ1) is 11.4. The minimum atomic E-state index is -0.610. The number of hydrogen-bond acceptors (Lipinski definition) is 5. The van der Waals surface area contributed by atoms with Gasteiger partial charge < -0.3 is 15.4 Å². The van der Waals surface area contributed by atoms with Crippen LogP contribution in [0.15, 0.2) is 30.3 Å². The number of para-hydroxylation sites is 1. The van der Waals surface area contributed by atoms with Gasteiger partial charge in [-0.3, -0.25) is 4.79 Å². The van der Waals surface area contributed by atoms with Gasteiger partial charge in [-0.2, -0.15) is 0 Å². The standard InChI is InChI=1S/C16H15Cl2N3O3/c1-9-11(17)7-12(18)15(20-9)21-14(22)8-24-16(23)10-5-3-4-6-13(10)19-2/h3-7,19H,8H2,1-2H3,(H,20,21,22). The van der Waals surface area contributed by atoms with Gasteiger partial charge in [0.15, 0.2) is 12.4 Å². The van der Waals surface area contributed by atoms with Crippen LogP contribution < -0.4 is 10.6 Å². The molecule has 0 atom stereocenters. The number of ether oxygens (including phenoxy) is 1. The fourth-order valence-corrected chi connectivity index (χ4v) is 2.31. The predicted octanol–water partition coefficient (Wildman–Crippen LogP) is 3.53. The Morgan fingerprint density at radius 2 is 1.92 bits per heavy atom. The van der Waals surface area contributed by atoms with E-state index >= 15 is 0 Å². The molecule has 0 spiro atoms. The molecule has 0 aliphatic rings. The SMILES string of the molecule is CNc1ccccc1C(=O)OCC(=O)Nc1nc(C)c(Cl)cc1Cl. The Morgan fingerprint density at radius 1 is 1.21 bits per heavy atom. The molecule has 24 heavy (non-hydrogen) atoms. The van der Waals surface area contributed by atoms with Crippen molar-refractivity contribution < 1.29 is 14.3 Å². The molecule has 0 radical (unpaired) electrons. The van der Waals surface area contributed by atoms with Gasteiger partial charge in [-0.25, -0.2) is 9.78 Å². The van der Waals surface area contributed by atoms with Crippen LogP contribution in [0.2, 0.25) is 10.0 Å². The summed E-state index contributed by atoms with van der Waals surface area (Å²) in [6.07, 6.45) is 0. The first kappa shape index (κ1) is 18.0. The summed E-state index contributed by atoms with van der Waals surface area (Å²) in [5.74, 6) is -1.00. The fraction of sp³-hybridized carbons (Fsp3) is 0.188. The number of rotatable bonds is 5. The van der Waals surface area contributed by atoms with Crippen LogP contribution >= 0.6 is 23.2 Å². The van der Waals surface area contributed by atoms with Crippen molar-refractivity contribution >= 4 is 46.6 Å². The second kappa shape index (κ2) is 7.99. The summed E-state index contributed by atoms with van der Waals surface area (Å²) in [6.45, 7) is 1.22. The summed E-state index contributed by atoms with van der Waals surface area (Å²) < 4.78 is 5.01. The van der Waals surface area contributed by atoms with E-state index in [1.54, 1.807) is 38.2 Å². The highest BCUT2D eigenvalue weighted by atomic mass is 35.5. The second-order valence-electron chi connectivity index (χ2n) is 4.81. The summed E-state index contributed by atoms with van der Waals surface area (Å²) in [4.78, 5) is 28.0. The highest BCUT2D eigenvalue weighted by Gasteiger charge is 2.15. The number of halogens is 2. The topological polar surface area (TPSA) is 80.3 Å². The minimum Gasteiger partial charge on any atom is -0.452 e. The maximum atomic E-state index is 12.0. The van der Waals surface area contributed by atoms with Crippen molar-refractivity contribution in [3.8, 4) is 0 Å². The molecule has 0 unspecified atom stereocenters. The van der Waals surface area contributed by atoms with Crippen LogP contribution in [0.25, 0.3) is 0 Å². The molecule has 1 amide bonds. The Bertz CT molecular complexity index is 781. The Hall–Kier alpha value is -2.31. The summed E-state index contributed by atoms with van der Waals surface area (Å²) >= 11 is 11.9. The van der Waals surface area contributed by atoms with Crippen LogP contribution in [0.4, 0.5) is 11.5 Å². The maximum Gasteiger partial charge on any atom is 0.340 e. The third kappa shape index (κ3) is 4.37. The largest absolute Gasteiger partial charge is 0.452 e. The lowest BCUT2D eigenvalue weighted by atomic mass is 10.2. The molecule has 1 aromatic carbocycles. The van der Waals surface area contributed by atoms with Crippen LogP contribution in [0.1, 0.15) is 16.1 Å². The Labute approximate surface area is 149 Å². The molecule has 8 heteroatoms. The Kier molecular flexibility index (Phi) is 6.00.